The Labute approximate surface area is 465 Å². The van der Waals surface area contributed by atoms with Crippen LogP contribution in [0, 0.1) is 17.6 Å². The lowest BCUT2D eigenvalue weighted by atomic mass is 9.92. The number of methoxy groups -OCH3 is 1. The van der Waals surface area contributed by atoms with E-state index in [2.05, 4.69) is 65.7 Å². The molecule has 2 unspecified atom stereocenters. The summed E-state index contributed by atoms with van der Waals surface area (Å²) in [7, 11) is 7.27. The van der Waals surface area contributed by atoms with Gasteiger partial charge in [-0.3, -0.25) is 14.5 Å². The minimum Gasteiger partial charge on any atom is -0.496 e. The Kier molecular flexibility index (Phi) is 17.6. The molecule has 2 amide bonds. The Balaban J connectivity index is 0.696. The van der Waals surface area contributed by atoms with Crippen molar-refractivity contribution in [1.29, 1.82) is 0 Å². The number of aromatic amines is 1. The molecular weight excluding hydrogens is 1000 g/mol. The van der Waals surface area contributed by atoms with E-state index in [1.54, 1.807) is 38.2 Å². The molecule has 2 aromatic heterocycles. The largest absolute Gasteiger partial charge is 0.496 e. The minimum absolute atomic E-state index is 0.0851. The number of pyridine rings is 1. The van der Waals surface area contributed by atoms with Gasteiger partial charge in [-0.1, -0.05) is 12.1 Å². The van der Waals surface area contributed by atoms with E-state index >= 15 is 4.39 Å². The van der Waals surface area contributed by atoms with Crippen LogP contribution in [-0.2, 0) is 4.79 Å². The Morgan fingerprint density at radius 3 is 2.35 bits per heavy atom. The molecule has 18 heteroatoms. The fourth-order valence-electron chi connectivity index (χ4n) is 12.9. The number of piperazine rings is 1. The monoisotopic (exact) mass is 1080 g/mol. The molecule has 5 aliphatic rings. The first kappa shape index (κ1) is 55.4. The molecule has 422 valence electrons. The molecule has 10 rings (SSSR count). The molecule has 7 heterocycles. The normalized spacial score (nSPS) is 19.4. The first-order valence-corrected chi connectivity index (χ1v) is 28.6. The highest BCUT2D eigenvalue weighted by atomic mass is 19.1. The maximum absolute atomic E-state index is 16.8. The second-order valence-corrected chi connectivity index (χ2v) is 22.5. The molecule has 2 atom stereocenters. The van der Waals surface area contributed by atoms with Crippen LogP contribution in [0.15, 0.2) is 91.4 Å². The maximum Gasteiger partial charge on any atom is 0.269 e. The lowest BCUT2D eigenvalue weighted by Crippen LogP contribution is -2.50. The van der Waals surface area contributed by atoms with Gasteiger partial charge in [0.05, 0.1) is 24.7 Å². The summed E-state index contributed by atoms with van der Waals surface area (Å²) in [5.41, 5.74) is 11.9. The Morgan fingerprint density at radius 1 is 0.797 bits per heavy atom. The van der Waals surface area contributed by atoms with Crippen LogP contribution < -0.4 is 35.9 Å². The van der Waals surface area contributed by atoms with E-state index in [0.717, 1.165) is 132 Å². The number of nitrogens with zero attached hydrogens (tertiary/aromatic N) is 10. The maximum atomic E-state index is 16.8. The molecule has 0 aliphatic carbocycles. The van der Waals surface area contributed by atoms with E-state index in [4.69, 9.17) is 21.3 Å². The summed E-state index contributed by atoms with van der Waals surface area (Å²) in [4.78, 5) is 52.7. The van der Waals surface area contributed by atoms with Gasteiger partial charge >= 0.3 is 0 Å². The number of hydrogen-bond donors (Lipinski definition) is 3. The number of nitrogens with one attached hydrogen (secondary N) is 1. The van der Waals surface area contributed by atoms with Gasteiger partial charge < -0.3 is 54.8 Å². The Bertz CT molecular complexity index is 2990. The van der Waals surface area contributed by atoms with Gasteiger partial charge in [-0.15, -0.1) is 0 Å². The molecule has 0 radical (unpaired) electrons. The number of piperidine rings is 2. The number of carbonyl (C=O) groups excluding carboxylic acids is 2. The van der Waals surface area contributed by atoms with Crippen molar-refractivity contribution in [3.63, 3.8) is 0 Å². The predicted molar refractivity (Wildman–Crippen MR) is 313 cm³/mol. The number of ether oxygens (including phenoxy) is 1. The quantitative estimate of drug-likeness (QED) is 0.0545. The zero-order chi connectivity index (χ0) is 55.2. The van der Waals surface area contributed by atoms with Crippen LogP contribution in [0.2, 0.25) is 0 Å². The van der Waals surface area contributed by atoms with Gasteiger partial charge in [-0.2, -0.15) is 0 Å². The van der Waals surface area contributed by atoms with E-state index < -0.39 is 5.82 Å². The molecule has 0 saturated carbocycles. The standard InChI is InChI=1S/C61H81F2N13O3/c1-68(2)61(78)53-41-52-51(40-50(59(63)60(52)67-53)44-9-6-25-73(42-44)58(77)20-30-74(65)32-21-64)49-14-13-46(38-56(49)79-4)72-35-33-70(34-36-72)24-8-23-69(3)27-16-43-17-28-71(29-18-43)47-15-22-66-57(39-47)76-31-19-55-54(76)12-7-26-75(55)48-11-5-10-45(62)37-48/h5,9-11,13-15,21-22,32,37-41,43,54-55,67H,6-8,12,16-20,23-31,33-36,42,64-65H2,1-4H3/b32-21-. The van der Waals surface area contributed by atoms with Crippen LogP contribution in [0.25, 0.3) is 27.6 Å². The number of fused-ring (bicyclic) bond motifs is 2. The first-order chi connectivity index (χ1) is 38.3. The molecule has 3 aromatic carbocycles. The van der Waals surface area contributed by atoms with Gasteiger partial charge in [-0.05, 0) is 144 Å². The van der Waals surface area contributed by atoms with E-state index in [-0.39, 0.29) is 41.8 Å². The van der Waals surface area contributed by atoms with Crippen LogP contribution in [-0.4, -0.2) is 178 Å². The molecule has 4 saturated heterocycles. The van der Waals surface area contributed by atoms with Crippen LogP contribution >= 0.6 is 0 Å². The van der Waals surface area contributed by atoms with Crippen LogP contribution in [0.5, 0.6) is 5.75 Å². The van der Waals surface area contributed by atoms with Crippen molar-refractivity contribution in [1.82, 2.24) is 34.6 Å². The van der Waals surface area contributed by atoms with Gasteiger partial charge in [0.15, 0.2) is 5.82 Å². The fraction of sp³-hybridized carbons (Fsp3) is 0.492. The second kappa shape index (κ2) is 25.1. The smallest absolute Gasteiger partial charge is 0.269 e. The van der Waals surface area contributed by atoms with Gasteiger partial charge in [0.2, 0.25) is 5.91 Å². The number of carbonyl (C=O) groups is 2. The summed E-state index contributed by atoms with van der Waals surface area (Å²) in [5.74, 6) is 7.38. The Morgan fingerprint density at radius 2 is 1.58 bits per heavy atom. The fourth-order valence-corrected chi connectivity index (χ4v) is 12.9. The van der Waals surface area contributed by atoms with Gasteiger partial charge in [0.25, 0.3) is 5.91 Å². The van der Waals surface area contributed by atoms with Gasteiger partial charge in [-0.25, -0.2) is 19.6 Å². The van der Waals surface area contributed by atoms with Crippen LogP contribution in [0.3, 0.4) is 0 Å². The molecule has 79 heavy (non-hydrogen) atoms. The highest BCUT2D eigenvalue weighted by Crippen LogP contribution is 2.43. The third kappa shape index (κ3) is 12.6. The highest BCUT2D eigenvalue weighted by molar-refractivity contribution is 6.05. The van der Waals surface area contributed by atoms with Crippen molar-refractivity contribution in [2.24, 2.45) is 17.5 Å². The number of benzene rings is 3. The summed E-state index contributed by atoms with van der Waals surface area (Å²) >= 11 is 0. The summed E-state index contributed by atoms with van der Waals surface area (Å²) in [6, 6.07) is 22.1. The van der Waals surface area contributed by atoms with Crippen molar-refractivity contribution in [3.8, 4) is 16.9 Å². The summed E-state index contributed by atoms with van der Waals surface area (Å²) < 4.78 is 37.1. The number of rotatable bonds is 19. The molecule has 0 bridgehead atoms. The lowest BCUT2D eigenvalue weighted by molar-refractivity contribution is -0.130. The molecule has 5 aromatic rings. The number of H-pyrrole nitrogens is 1. The number of hydrazine groups is 1. The molecule has 0 spiro atoms. The Hall–Kier alpha value is -6.89. The number of amides is 2. The second-order valence-electron chi connectivity index (χ2n) is 22.5. The van der Waals surface area contributed by atoms with Crippen molar-refractivity contribution in [3.05, 3.63) is 114 Å². The number of nitrogens with two attached hydrogens (primary N) is 2. The molecular formula is C61H81F2N13O3. The van der Waals surface area contributed by atoms with Gasteiger partial charge in [0.1, 0.15) is 23.1 Å². The number of aromatic nitrogens is 2. The van der Waals surface area contributed by atoms with Crippen molar-refractivity contribution < 1.29 is 23.1 Å². The van der Waals surface area contributed by atoms with Crippen LogP contribution in [0.4, 0.5) is 31.7 Å². The summed E-state index contributed by atoms with van der Waals surface area (Å²) in [6.07, 6.45) is 15.6. The number of halogens is 2. The van der Waals surface area contributed by atoms with E-state index in [0.29, 0.717) is 53.9 Å². The molecule has 5 N–H and O–H groups in total. The van der Waals surface area contributed by atoms with Gasteiger partial charge in [0, 0.05) is 157 Å². The highest BCUT2D eigenvalue weighted by Gasteiger charge is 2.41. The molecule has 4 fully saturated rings. The minimum atomic E-state index is -0.476. The van der Waals surface area contributed by atoms with E-state index in [9.17, 15) is 14.0 Å². The topological polar surface area (TPSA) is 153 Å². The number of hydrogen-bond acceptors (Lipinski definition) is 13. The average molecular weight is 1080 g/mol. The van der Waals surface area contributed by atoms with E-state index in [1.165, 1.54) is 53.3 Å². The van der Waals surface area contributed by atoms with E-state index in [1.807, 2.05) is 36.5 Å². The van der Waals surface area contributed by atoms with Crippen molar-refractivity contribution in [2.45, 2.75) is 69.9 Å². The summed E-state index contributed by atoms with van der Waals surface area (Å²) in [6.45, 7) is 12.1. The summed E-state index contributed by atoms with van der Waals surface area (Å²) in [5, 5.41) is 1.94. The predicted octanol–water partition coefficient (Wildman–Crippen LogP) is 7.83. The third-order valence-electron chi connectivity index (χ3n) is 17.3. The first-order valence-electron chi connectivity index (χ1n) is 28.6. The van der Waals surface area contributed by atoms with Crippen molar-refractivity contribution in [2.75, 3.05) is 139 Å². The molecule has 5 aliphatic heterocycles. The van der Waals surface area contributed by atoms with Crippen molar-refractivity contribution >= 4 is 51.2 Å². The lowest BCUT2D eigenvalue weighted by Gasteiger charge is -2.41. The zero-order valence-electron chi connectivity index (χ0n) is 46.8. The number of anilines is 4. The zero-order valence-corrected chi connectivity index (χ0v) is 46.8. The molecule has 16 nitrogen and oxygen atoms in total. The third-order valence-corrected chi connectivity index (χ3v) is 17.3. The van der Waals surface area contributed by atoms with Crippen LogP contribution in [0.1, 0.15) is 73.8 Å². The SMILES string of the molecule is COc1cc(N2CCN(CCCN(C)CCC3CCN(c4ccnc(N5CCC6C5CCCN6c5cccc(F)c5)c4)CC3)CC2)ccc1-c1cc(C2=CCCN(C(=O)CCN(N)/C=C\N)C2)c(F)c2[nH]c(C(=O)N(C)C)cc12. The average Bonchev–Trinajstić information content (AvgIpc) is 4.29.